The lowest BCUT2D eigenvalue weighted by Gasteiger charge is -2.29. The zero-order valence-electron chi connectivity index (χ0n) is 44.0. The molecule has 8 amide bonds. The molecule has 1 aromatic heterocycles. The molecule has 3 aromatic rings. The van der Waals surface area contributed by atoms with Crippen LogP contribution >= 0.6 is 0 Å². The van der Waals surface area contributed by atoms with Crippen LogP contribution in [0.5, 0.6) is 5.75 Å². The number of methoxy groups -OCH3 is 1. The van der Waals surface area contributed by atoms with Crippen LogP contribution in [0.25, 0.3) is 11.0 Å². The number of guanidine groups is 1. The summed E-state index contributed by atoms with van der Waals surface area (Å²) in [6, 6.07) is -1.70. The molecule has 1 unspecified atom stereocenters. The van der Waals surface area contributed by atoms with Gasteiger partial charge in [0.2, 0.25) is 47.3 Å². The molecule has 4 rings (SSSR count). The second-order valence-electron chi connectivity index (χ2n) is 19.4. The van der Waals surface area contributed by atoms with E-state index < -0.39 is 129 Å². The van der Waals surface area contributed by atoms with Gasteiger partial charge in [0, 0.05) is 36.7 Å². The maximum absolute atomic E-state index is 14.2. The monoisotopic (exact) mass is 1090 g/mol. The molecule has 1 fully saturated rings. The number of fused-ring (bicyclic) bond motifs is 1. The molecule has 424 valence electrons. The van der Waals surface area contributed by atoms with Gasteiger partial charge in [-0.05, 0) is 81.0 Å². The van der Waals surface area contributed by atoms with E-state index in [9.17, 15) is 63.4 Å². The molecule has 0 spiro atoms. The van der Waals surface area contributed by atoms with Gasteiger partial charge in [0.05, 0.1) is 47.6 Å². The Morgan fingerprint density at radius 3 is 2.08 bits per heavy atom. The predicted molar refractivity (Wildman–Crippen MR) is 281 cm³/mol. The highest BCUT2D eigenvalue weighted by molar-refractivity contribution is 5.96. The highest BCUT2D eigenvalue weighted by Crippen LogP contribution is 2.32. The number of primary amides is 1. The molecule has 14 N–H and O–H groups in total. The van der Waals surface area contributed by atoms with Crippen LogP contribution in [0, 0.1) is 32.1 Å². The third kappa shape index (κ3) is 17.7. The fourth-order valence-electron chi connectivity index (χ4n) is 8.59. The van der Waals surface area contributed by atoms with Gasteiger partial charge in [-0.2, -0.15) is 0 Å². The van der Waals surface area contributed by atoms with Crippen molar-refractivity contribution in [2.75, 3.05) is 26.7 Å². The third-order valence-electron chi connectivity index (χ3n) is 12.5. The average Bonchev–Trinajstić information content (AvgIpc) is 3.90. The van der Waals surface area contributed by atoms with Gasteiger partial charge in [-0.25, -0.2) is 4.79 Å². The smallest absolute Gasteiger partial charge is 0.336 e. The van der Waals surface area contributed by atoms with Crippen molar-refractivity contribution in [3.63, 3.8) is 0 Å². The standard InChI is InChI=1S/C49H68N14O15/c1-24(2)17-33(59-47(71)35-10-8-16-61(35)39(65)19-27-20-40(66)78-37-22-29(77-6)12-14-30(27)37)45(69)55-23-38(64)57-34(18-25(3)4)46(70)60-42(31-13-11-28(62(73)74)21-36(31)63(75)76)41(50)48(72)56-26(5)44(68)58-32(43(51)67)9-7-15-54-49(52)53/h11-14,20-22,24-26,32-35,41-42H,7-10,15-19,23,50H2,1-6H3,(H2,51,67)(H,55,69)(H,56,72)(H,57,64)(H,58,68)(H,59,71)(H,60,70)(H4,52,53,54)/t26-,32-,33-,34-,35-,41-,42?/m1/s1. The first-order valence-corrected chi connectivity index (χ1v) is 24.9. The van der Waals surface area contributed by atoms with Gasteiger partial charge in [-0.3, -0.25) is 63.6 Å². The number of hydrogen-bond acceptors (Lipinski definition) is 17. The first-order valence-electron chi connectivity index (χ1n) is 24.9. The van der Waals surface area contributed by atoms with Crippen molar-refractivity contribution < 1.29 is 57.4 Å². The van der Waals surface area contributed by atoms with Gasteiger partial charge in [0.25, 0.3) is 11.4 Å². The number of nitro benzene ring substituents is 2. The van der Waals surface area contributed by atoms with Crippen molar-refractivity contribution in [1.29, 1.82) is 0 Å². The van der Waals surface area contributed by atoms with Crippen molar-refractivity contribution in [1.82, 2.24) is 36.8 Å². The number of nitrogens with zero attached hydrogens (tertiary/aromatic N) is 4. The number of hydrogen-bond donors (Lipinski definition) is 10. The summed E-state index contributed by atoms with van der Waals surface area (Å²) in [6.45, 7) is 7.81. The van der Waals surface area contributed by atoms with E-state index in [-0.39, 0.29) is 75.0 Å². The van der Waals surface area contributed by atoms with E-state index in [2.05, 4.69) is 36.9 Å². The minimum atomic E-state index is -1.97. The average molecular weight is 1090 g/mol. The number of nitrogens with two attached hydrogens (primary N) is 4. The van der Waals surface area contributed by atoms with Crippen LogP contribution in [0.4, 0.5) is 11.4 Å². The summed E-state index contributed by atoms with van der Waals surface area (Å²) >= 11 is 0. The summed E-state index contributed by atoms with van der Waals surface area (Å²) < 4.78 is 10.5. The molecule has 7 atom stereocenters. The number of carbonyl (C=O) groups excluding carboxylic acids is 8. The van der Waals surface area contributed by atoms with Gasteiger partial charge in [0.1, 0.15) is 47.6 Å². The first kappa shape index (κ1) is 61.8. The number of benzene rings is 2. The summed E-state index contributed by atoms with van der Waals surface area (Å²) in [5.41, 5.74) is 20.3. The molecule has 78 heavy (non-hydrogen) atoms. The van der Waals surface area contributed by atoms with Gasteiger partial charge < -0.3 is 68.9 Å². The molecule has 0 radical (unpaired) electrons. The molecular formula is C49H68N14O15. The highest BCUT2D eigenvalue weighted by Gasteiger charge is 2.39. The Kier molecular flexibility index (Phi) is 22.5. The molecule has 0 saturated carbocycles. The Hall–Kier alpha value is -8.76. The molecule has 0 bridgehead atoms. The van der Waals surface area contributed by atoms with E-state index in [1.165, 1.54) is 31.1 Å². The molecule has 2 heterocycles. The fraction of sp³-hybridized carbons (Fsp3) is 0.510. The Bertz CT molecular complexity index is 2830. The number of amides is 8. The van der Waals surface area contributed by atoms with Gasteiger partial charge >= 0.3 is 5.63 Å². The van der Waals surface area contributed by atoms with E-state index in [1.807, 2.05) is 0 Å². The van der Waals surface area contributed by atoms with E-state index in [1.54, 1.807) is 39.8 Å². The first-order chi connectivity index (χ1) is 36.7. The largest absolute Gasteiger partial charge is 0.497 e. The van der Waals surface area contributed by atoms with Crippen LogP contribution in [-0.4, -0.2) is 131 Å². The molecule has 2 aromatic carbocycles. The van der Waals surface area contributed by atoms with Gasteiger partial charge in [-0.15, -0.1) is 0 Å². The molecule has 29 nitrogen and oxygen atoms in total. The third-order valence-corrected chi connectivity index (χ3v) is 12.5. The Morgan fingerprint density at radius 2 is 1.47 bits per heavy atom. The Labute approximate surface area is 447 Å². The fourth-order valence-corrected chi connectivity index (χ4v) is 8.59. The van der Waals surface area contributed by atoms with Crippen molar-refractivity contribution in [2.45, 2.75) is 122 Å². The molecule has 29 heteroatoms. The van der Waals surface area contributed by atoms with E-state index in [4.69, 9.17) is 32.1 Å². The van der Waals surface area contributed by atoms with Crippen molar-refractivity contribution in [3.8, 4) is 5.75 Å². The number of nitro groups is 2. The van der Waals surface area contributed by atoms with Crippen LogP contribution in [0.2, 0.25) is 0 Å². The molecule has 1 aliphatic rings. The van der Waals surface area contributed by atoms with Crippen LogP contribution in [0.1, 0.15) is 90.3 Å². The number of ether oxygens (including phenoxy) is 1. The Morgan fingerprint density at radius 1 is 0.808 bits per heavy atom. The van der Waals surface area contributed by atoms with Gasteiger partial charge in [-0.1, -0.05) is 27.7 Å². The predicted octanol–water partition coefficient (Wildman–Crippen LogP) is -0.957. The minimum absolute atomic E-state index is 0.00829. The second-order valence-corrected chi connectivity index (χ2v) is 19.4. The number of non-ortho nitro benzene ring substituents is 1. The Balaban J connectivity index is 1.49. The normalized spacial score (nSPS) is 15.4. The lowest BCUT2D eigenvalue weighted by atomic mass is 9.95. The van der Waals surface area contributed by atoms with Crippen LogP contribution in [-0.2, 0) is 44.8 Å². The van der Waals surface area contributed by atoms with Crippen LogP contribution in [0.15, 0.2) is 56.7 Å². The maximum Gasteiger partial charge on any atom is 0.336 e. The lowest BCUT2D eigenvalue weighted by Crippen LogP contribution is -2.58. The minimum Gasteiger partial charge on any atom is -0.497 e. The molecule has 0 aliphatic carbocycles. The van der Waals surface area contributed by atoms with Crippen LogP contribution < -0.4 is 65.2 Å². The molecular weight excluding hydrogens is 1020 g/mol. The molecule has 1 aliphatic heterocycles. The van der Waals surface area contributed by atoms with Crippen LogP contribution in [0.3, 0.4) is 0 Å². The quantitative estimate of drug-likeness (QED) is 0.0105. The van der Waals surface area contributed by atoms with E-state index >= 15 is 0 Å². The van der Waals surface area contributed by atoms with Crippen molar-refractivity contribution in [2.24, 2.45) is 39.8 Å². The van der Waals surface area contributed by atoms with E-state index in [0.717, 1.165) is 12.1 Å². The lowest BCUT2D eigenvalue weighted by molar-refractivity contribution is -0.394. The number of rotatable bonds is 28. The zero-order valence-corrected chi connectivity index (χ0v) is 44.0. The number of carbonyl (C=O) groups is 8. The maximum atomic E-state index is 14.2. The second kappa shape index (κ2) is 28.4. The van der Waals surface area contributed by atoms with E-state index in [0.29, 0.717) is 29.2 Å². The summed E-state index contributed by atoms with van der Waals surface area (Å²) in [5.74, 6) is -7.02. The summed E-state index contributed by atoms with van der Waals surface area (Å²) in [5, 5.41) is 39.4. The number of likely N-dealkylation sites (tertiary alicyclic amines) is 1. The van der Waals surface area contributed by atoms with Crippen molar-refractivity contribution >= 4 is 75.6 Å². The number of aliphatic imine (C=N–C) groups is 1. The molecule has 1 saturated heterocycles. The highest BCUT2D eigenvalue weighted by atomic mass is 16.6. The number of nitrogens with one attached hydrogen (secondary N) is 6. The summed E-state index contributed by atoms with van der Waals surface area (Å²) in [6.07, 6.45) is 0.769. The van der Waals surface area contributed by atoms with Gasteiger partial charge in [0.15, 0.2) is 5.96 Å². The SMILES string of the molecule is COc1ccc2c(CC(=O)N3CCC[C@@H]3C(=O)N[C@H](CC(C)C)C(=O)NCC(=O)N[C@H](CC(C)C)C(=O)NC(c3ccc([N+](=O)[O-])cc3[N+](=O)[O-])[C@@H](N)C(=O)N[C@H](C)C(=O)N[C@H](CCCN=C(N)N)C(N)=O)cc(=O)oc2c1. The summed E-state index contributed by atoms with van der Waals surface area (Å²) in [4.78, 5) is 148. The summed E-state index contributed by atoms with van der Waals surface area (Å²) in [7, 11) is 1.45. The zero-order chi connectivity index (χ0) is 58.1. The van der Waals surface area contributed by atoms with Crippen molar-refractivity contribution in [3.05, 3.63) is 84.2 Å². The topological polar surface area (TPSA) is 454 Å².